The molecule has 0 bridgehead atoms. The van der Waals surface area contributed by atoms with Crippen molar-refractivity contribution in [3.8, 4) is 5.75 Å². The number of rotatable bonds is 5. The van der Waals surface area contributed by atoms with Crippen LogP contribution in [0, 0.1) is 0 Å². The van der Waals surface area contributed by atoms with Gasteiger partial charge in [-0.05, 0) is 74.2 Å². The number of carbonyl (C=O) groups excluding carboxylic acids is 2. The summed E-state index contributed by atoms with van der Waals surface area (Å²) in [5, 5.41) is 0. The van der Waals surface area contributed by atoms with Gasteiger partial charge >= 0.3 is 0 Å². The molecular weight excluding hydrogens is 428 g/mol. The highest BCUT2D eigenvalue weighted by atomic mass is 16.5. The Morgan fingerprint density at radius 2 is 1.53 bits per heavy atom. The number of amides is 2. The van der Waals surface area contributed by atoms with Crippen LogP contribution in [0.5, 0.6) is 5.75 Å². The van der Waals surface area contributed by atoms with Crippen LogP contribution in [0.1, 0.15) is 48.9 Å². The van der Waals surface area contributed by atoms with E-state index < -0.39 is 0 Å². The van der Waals surface area contributed by atoms with Gasteiger partial charge in [0.2, 0.25) is 5.91 Å². The molecule has 2 aromatic rings. The predicted octanol–water partition coefficient (Wildman–Crippen LogP) is 3.54. The highest BCUT2D eigenvalue weighted by Gasteiger charge is 2.30. The van der Waals surface area contributed by atoms with Crippen molar-refractivity contribution in [2.45, 2.75) is 50.7 Å². The molecule has 2 N–H and O–H groups in total. The summed E-state index contributed by atoms with van der Waals surface area (Å²) in [4.78, 5) is 31.5. The van der Waals surface area contributed by atoms with Crippen LogP contribution in [0.4, 0.5) is 11.4 Å². The number of hydrogen-bond donors (Lipinski definition) is 1. The maximum absolute atomic E-state index is 12.8. The molecule has 7 nitrogen and oxygen atoms in total. The molecule has 2 amide bonds. The van der Waals surface area contributed by atoms with E-state index >= 15 is 0 Å². The smallest absolute Gasteiger partial charge is 0.254 e. The quantitative estimate of drug-likeness (QED) is 0.688. The van der Waals surface area contributed by atoms with Crippen LogP contribution in [0.25, 0.3) is 0 Å². The fraction of sp³-hybridized carbons (Fsp3) is 0.481. The number of hydrogen-bond acceptors (Lipinski definition) is 5. The fourth-order valence-electron chi connectivity index (χ4n) is 5.45. The van der Waals surface area contributed by atoms with Crippen molar-refractivity contribution < 1.29 is 14.3 Å². The lowest BCUT2D eigenvalue weighted by atomic mass is 10.0. The minimum absolute atomic E-state index is 0.0705. The average Bonchev–Trinajstić information content (AvgIpc) is 3.40. The van der Waals surface area contributed by atoms with Gasteiger partial charge in [0.25, 0.3) is 5.91 Å². The predicted molar refractivity (Wildman–Crippen MR) is 133 cm³/mol. The van der Waals surface area contributed by atoms with E-state index in [1.807, 2.05) is 24.3 Å². The molecule has 1 aliphatic carbocycles. The minimum atomic E-state index is -0.143. The Labute approximate surface area is 201 Å². The summed E-state index contributed by atoms with van der Waals surface area (Å²) in [6.07, 6.45) is 7.87. The molecule has 2 heterocycles. The summed E-state index contributed by atoms with van der Waals surface area (Å²) in [5.74, 6) is 0.631. The van der Waals surface area contributed by atoms with Crippen molar-refractivity contribution in [1.29, 1.82) is 0 Å². The van der Waals surface area contributed by atoms with E-state index in [1.165, 1.54) is 25.7 Å². The first-order valence-electron chi connectivity index (χ1n) is 12.5. The Hall–Kier alpha value is -3.06. The Kier molecular flexibility index (Phi) is 6.72. The molecule has 0 aromatic heterocycles. The summed E-state index contributed by atoms with van der Waals surface area (Å²) in [7, 11) is 0. The van der Waals surface area contributed by atoms with E-state index in [2.05, 4.69) is 4.90 Å². The molecular formula is C27H34N4O3. The van der Waals surface area contributed by atoms with Crippen molar-refractivity contribution in [2.24, 2.45) is 0 Å². The number of piperazine rings is 1. The number of benzene rings is 2. The highest BCUT2D eigenvalue weighted by molar-refractivity contribution is 6.01. The van der Waals surface area contributed by atoms with Crippen LogP contribution < -0.4 is 15.4 Å². The number of piperidine rings is 1. The average molecular weight is 463 g/mol. The number of nitrogen functional groups attached to an aromatic ring is 1. The monoisotopic (exact) mass is 462 g/mol. The molecule has 0 radical (unpaired) electrons. The number of anilines is 2. The third-order valence-electron chi connectivity index (χ3n) is 7.43. The number of likely N-dealkylation sites (tertiary alicyclic amines) is 1. The third kappa shape index (κ3) is 5.04. The second-order valence-electron chi connectivity index (χ2n) is 9.68. The summed E-state index contributed by atoms with van der Waals surface area (Å²) >= 11 is 0. The second-order valence-corrected chi connectivity index (χ2v) is 9.68. The van der Waals surface area contributed by atoms with Crippen LogP contribution in [0.2, 0.25) is 0 Å². The summed E-state index contributed by atoms with van der Waals surface area (Å²) in [6.45, 7) is 3.29. The summed E-state index contributed by atoms with van der Waals surface area (Å²) in [5.41, 5.74) is 7.70. The van der Waals surface area contributed by atoms with Gasteiger partial charge in [0.15, 0.2) is 0 Å². The second kappa shape index (κ2) is 10.1. The fourth-order valence-corrected chi connectivity index (χ4v) is 5.45. The topological polar surface area (TPSA) is 79.1 Å². The van der Waals surface area contributed by atoms with E-state index in [1.54, 1.807) is 34.1 Å². The number of ether oxygens (including phenoxy) is 1. The highest BCUT2D eigenvalue weighted by Crippen LogP contribution is 2.28. The molecule has 1 saturated carbocycles. The van der Waals surface area contributed by atoms with Gasteiger partial charge < -0.3 is 25.2 Å². The van der Waals surface area contributed by atoms with Gasteiger partial charge in [0, 0.05) is 49.2 Å². The van der Waals surface area contributed by atoms with Crippen molar-refractivity contribution in [1.82, 2.24) is 9.80 Å². The Morgan fingerprint density at radius 1 is 0.853 bits per heavy atom. The van der Waals surface area contributed by atoms with E-state index in [0.717, 1.165) is 43.4 Å². The van der Waals surface area contributed by atoms with Crippen molar-refractivity contribution in [3.63, 3.8) is 0 Å². The Morgan fingerprint density at radius 3 is 2.18 bits per heavy atom. The lowest BCUT2D eigenvalue weighted by molar-refractivity contribution is -0.120. The van der Waals surface area contributed by atoms with Crippen molar-refractivity contribution in [2.75, 3.05) is 43.4 Å². The zero-order chi connectivity index (χ0) is 23.5. The van der Waals surface area contributed by atoms with Gasteiger partial charge in [-0.15, -0.1) is 0 Å². The van der Waals surface area contributed by atoms with Gasteiger partial charge in [-0.25, -0.2) is 0 Å². The lowest BCUT2D eigenvalue weighted by Crippen LogP contribution is -2.52. The van der Waals surface area contributed by atoms with Gasteiger partial charge in [-0.1, -0.05) is 12.8 Å². The van der Waals surface area contributed by atoms with E-state index in [9.17, 15) is 9.59 Å². The zero-order valence-electron chi connectivity index (χ0n) is 19.7. The molecule has 2 saturated heterocycles. The molecule has 2 aromatic carbocycles. The van der Waals surface area contributed by atoms with Crippen LogP contribution >= 0.6 is 0 Å². The van der Waals surface area contributed by atoms with Crippen LogP contribution in [0.15, 0.2) is 48.5 Å². The van der Waals surface area contributed by atoms with Crippen LogP contribution in [-0.2, 0) is 4.79 Å². The molecule has 0 atom stereocenters. The van der Waals surface area contributed by atoms with Crippen molar-refractivity contribution in [3.05, 3.63) is 54.1 Å². The van der Waals surface area contributed by atoms with E-state index in [4.69, 9.17) is 10.5 Å². The molecule has 34 heavy (non-hydrogen) atoms. The molecule has 3 fully saturated rings. The van der Waals surface area contributed by atoms with Crippen molar-refractivity contribution >= 4 is 23.2 Å². The first-order valence-corrected chi connectivity index (χ1v) is 12.5. The lowest BCUT2D eigenvalue weighted by Gasteiger charge is -2.36. The summed E-state index contributed by atoms with van der Waals surface area (Å²) in [6, 6.07) is 15.4. The van der Waals surface area contributed by atoms with E-state index in [0.29, 0.717) is 24.3 Å². The van der Waals surface area contributed by atoms with Crippen LogP contribution in [0.3, 0.4) is 0 Å². The maximum atomic E-state index is 12.8. The first-order chi connectivity index (χ1) is 16.6. The largest absolute Gasteiger partial charge is 0.490 e. The Balaban J connectivity index is 1.12. The first kappa shape index (κ1) is 22.7. The van der Waals surface area contributed by atoms with Gasteiger partial charge in [0.05, 0.1) is 0 Å². The van der Waals surface area contributed by atoms with Gasteiger partial charge in [-0.2, -0.15) is 0 Å². The summed E-state index contributed by atoms with van der Waals surface area (Å²) < 4.78 is 6.25. The van der Waals surface area contributed by atoms with Crippen LogP contribution in [-0.4, -0.2) is 66.5 Å². The maximum Gasteiger partial charge on any atom is 0.254 e. The SMILES string of the molecule is Nc1ccc(C(=O)N2CCN(c3ccc(OC4CCN(C5CCCC5)CC4)cc3)C(=O)C2)cc1. The minimum Gasteiger partial charge on any atom is -0.490 e. The Bertz CT molecular complexity index is 994. The standard InChI is InChI=1S/C27H34N4O3/c28-21-7-5-20(6-8-21)27(33)30-17-18-31(26(32)19-30)23-9-11-24(12-10-23)34-25-13-15-29(16-14-25)22-3-1-2-4-22/h5-12,22,25H,1-4,13-19,28H2. The zero-order valence-corrected chi connectivity index (χ0v) is 19.7. The number of nitrogens with zero attached hydrogens (tertiary/aromatic N) is 3. The molecule has 2 aliphatic heterocycles. The molecule has 3 aliphatic rings. The molecule has 7 heteroatoms. The molecule has 0 spiro atoms. The third-order valence-corrected chi connectivity index (χ3v) is 7.43. The van der Waals surface area contributed by atoms with Gasteiger partial charge in [0.1, 0.15) is 18.4 Å². The molecule has 0 unspecified atom stereocenters. The molecule has 180 valence electrons. The van der Waals surface area contributed by atoms with E-state index in [-0.39, 0.29) is 24.5 Å². The number of nitrogens with two attached hydrogens (primary N) is 1. The number of carbonyl (C=O) groups is 2. The van der Waals surface area contributed by atoms with Gasteiger partial charge in [-0.3, -0.25) is 9.59 Å². The molecule has 5 rings (SSSR count). The normalized spacial score (nSPS) is 20.6.